The molecule has 3 rings (SSSR count). The van der Waals surface area contributed by atoms with Crippen molar-refractivity contribution in [3.8, 4) is 16.9 Å². The van der Waals surface area contributed by atoms with E-state index in [1.165, 1.54) is 4.68 Å². The van der Waals surface area contributed by atoms with Crippen LogP contribution in [0.15, 0.2) is 42.5 Å². The van der Waals surface area contributed by atoms with Crippen molar-refractivity contribution in [2.75, 3.05) is 13.1 Å². The third-order valence-electron chi connectivity index (χ3n) is 4.44. The fraction of sp³-hybridized carbons (Fsp3) is 0.143. The Balaban J connectivity index is 1.99. The number of carbonyl (C=O) groups is 3. The zero-order valence-corrected chi connectivity index (χ0v) is 18.9. The van der Waals surface area contributed by atoms with Crippen LogP contribution in [0.4, 0.5) is 0 Å². The highest BCUT2D eigenvalue weighted by molar-refractivity contribution is 6.35. The van der Waals surface area contributed by atoms with E-state index in [1.54, 1.807) is 49.4 Å². The van der Waals surface area contributed by atoms with Gasteiger partial charge in [0.05, 0.1) is 22.9 Å². The van der Waals surface area contributed by atoms with E-state index >= 15 is 0 Å². The maximum absolute atomic E-state index is 12.8. The predicted octanol–water partition coefficient (Wildman–Crippen LogP) is 3.74. The number of aliphatic carboxylic acids is 1. The standard InChI is InChI=1S/C21H17Cl3N4O4/c1-11-19(21(32)26-9-17(29)25-10-18(30)31)27-28(16-7-6-14(23)8-15(16)24)20(11)12-2-4-13(22)5-3-12/h2-8H,9-10H2,1H3,(H,25,29)(H,26,32)(H,30,31). The van der Waals surface area contributed by atoms with Crippen LogP contribution in [0.3, 0.4) is 0 Å². The number of amides is 2. The van der Waals surface area contributed by atoms with Gasteiger partial charge in [0.15, 0.2) is 5.69 Å². The van der Waals surface area contributed by atoms with Crippen molar-refractivity contribution in [3.63, 3.8) is 0 Å². The smallest absolute Gasteiger partial charge is 0.322 e. The highest BCUT2D eigenvalue weighted by atomic mass is 35.5. The van der Waals surface area contributed by atoms with E-state index in [0.29, 0.717) is 32.0 Å². The molecule has 0 aliphatic carbocycles. The summed E-state index contributed by atoms with van der Waals surface area (Å²) >= 11 is 18.4. The molecule has 3 aromatic rings. The first-order chi connectivity index (χ1) is 15.2. The van der Waals surface area contributed by atoms with Crippen molar-refractivity contribution in [1.29, 1.82) is 0 Å². The number of carbonyl (C=O) groups excluding carboxylic acids is 2. The fourth-order valence-corrected chi connectivity index (χ4v) is 3.58. The third-order valence-corrected chi connectivity index (χ3v) is 5.23. The van der Waals surface area contributed by atoms with Crippen LogP contribution in [-0.2, 0) is 9.59 Å². The lowest BCUT2D eigenvalue weighted by atomic mass is 10.1. The van der Waals surface area contributed by atoms with Crippen LogP contribution in [-0.4, -0.2) is 45.8 Å². The minimum absolute atomic E-state index is 0.0759. The molecule has 11 heteroatoms. The molecule has 0 aliphatic rings. The number of nitrogens with zero attached hydrogens (tertiary/aromatic N) is 2. The molecule has 0 unspecified atom stereocenters. The zero-order valence-electron chi connectivity index (χ0n) is 16.7. The second-order valence-electron chi connectivity index (χ2n) is 6.69. The molecule has 0 bridgehead atoms. The number of benzene rings is 2. The van der Waals surface area contributed by atoms with E-state index in [9.17, 15) is 14.4 Å². The van der Waals surface area contributed by atoms with Crippen LogP contribution in [0.5, 0.6) is 0 Å². The summed E-state index contributed by atoms with van der Waals surface area (Å²) in [4.78, 5) is 35.1. The Labute approximate surface area is 198 Å². The van der Waals surface area contributed by atoms with Crippen molar-refractivity contribution in [1.82, 2.24) is 20.4 Å². The number of nitrogens with one attached hydrogen (secondary N) is 2. The second kappa shape index (κ2) is 10.0. The average Bonchev–Trinajstić information content (AvgIpc) is 3.08. The molecule has 32 heavy (non-hydrogen) atoms. The van der Waals surface area contributed by atoms with Gasteiger partial charge in [0.1, 0.15) is 6.54 Å². The van der Waals surface area contributed by atoms with E-state index in [2.05, 4.69) is 15.7 Å². The Morgan fingerprint density at radius 1 is 0.969 bits per heavy atom. The Hall–Kier alpha value is -3.07. The monoisotopic (exact) mass is 494 g/mol. The molecule has 3 N–H and O–H groups in total. The topological polar surface area (TPSA) is 113 Å². The molecule has 8 nitrogen and oxygen atoms in total. The summed E-state index contributed by atoms with van der Waals surface area (Å²) in [6.07, 6.45) is 0. The summed E-state index contributed by atoms with van der Waals surface area (Å²) in [7, 11) is 0. The van der Waals surface area contributed by atoms with Crippen LogP contribution in [0.2, 0.25) is 15.1 Å². The molecule has 1 aromatic heterocycles. The van der Waals surface area contributed by atoms with Crippen LogP contribution < -0.4 is 10.6 Å². The number of carboxylic acid groups (broad SMARTS) is 1. The lowest BCUT2D eigenvalue weighted by Crippen LogP contribution is -2.39. The highest BCUT2D eigenvalue weighted by Crippen LogP contribution is 2.33. The number of halogens is 3. The summed E-state index contributed by atoms with van der Waals surface area (Å²) < 4.78 is 1.52. The van der Waals surface area contributed by atoms with Gasteiger partial charge >= 0.3 is 5.97 Å². The molecule has 2 amide bonds. The first-order valence-corrected chi connectivity index (χ1v) is 10.4. The quantitative estimate of drug-likeness (QED) is 0.462. The van der Waals surface area contributed by atoms with Crippen LogP contribution in [0.25, 0.3) is 16.9 Å². The summed E-state index contributed by atoms with van der Waals surface area (Å²) in [5.74, 6) is -2.43. The van der Waals surface area contributed by atoms with Crippen molar-refractivity contribution < 1.29 is 19.5 Å². The first kappa shape index (κ1) is 23.6. The van der Waals surface area contributed by atoms with Gasteiger partial charge in [-0.2, -0.15) is 5.10 Å². The molecule has 0 spiro atoms. The molecule has 0 aliphatic heterocycles. The number of hydrogen-bond acceptors (Lipinski definition) is 4. The summed E-state index contributed by atoms with van der Waals surface area (Å²) in [5.41, 5.74) is 2.46. The molecule has 0 radical (unpaired) electrons. The SMILES string of the molecule is Cc1c(C(=O)NCC(=O)NCC(=O)O)nn(-c2ccc(Cl)cc2Cl)c1-c1ccc(Cl)cc1. The van der Waals surface area contributed by atoms with Gasteiger partial charge in [-0.25, -0.2) is 4.68 Å². The number of carboxylic acids is 1. The summed E-state index contributed by atoms with van der Waals surface area (Å²) in [6.45, 7) is 0.769. The highest BCUT2D eigenvalue weighted by Gasteiger charge is 2.23. The van der Waals surface area contributed by atoms with E-state index in [4.69, 9.17) is 39.9 Å². The van der Waals surface area contributed by atoms with Crippen LogP contribution in [0, 0.1) is 6.92 Å². The van der Waals surface area contributed by atoms with Crippen LogP contribution >= 0.6 is 34.8 Å². The van der Waals surface area contributed by atoms with E-state index in [1.807, 2.05) is 0 Å². The largest absolute Gasteiger partial charge is 0.480 e. The van der Waals surface area contributed by atoms with Gasteiger partial charge in [-0.3, -0.25) is 14.4 Å². The Morgan fingerprint density at radius 3 is 2.25 bits per heavy atom. The van der Waals surface area contributed by atoms with Crippen molar-refractivity contribution >= 4 is 52.6 Å². The van der Waals surface area contributed by atoms with E-state index < -0.39 is 30.9 Å². The van der Waals surface area contributed by atoms with Gasteiger partial charge in [0.2, 0.25) is 5.91 Å². The van der Waals surface area contributed by atoms with Gasteiger partial charge in [0.25, 0.3) is 5.91 Å². The minimum Gasteiger partial charge on any atom is -0.480 e. The summed E-state index contributed by atoms with van der Waals surface area (Å²) in [5, 5.41) is 19.0. The first-order valence-electron chi connectivity index (χ1n) is 9.25. The molecule has 0 fully saturated rings. The maximum atomic E-state index is 12.8. The Kier molecular flexibility index (Phi) is 7.40. The third kappa shape index (κ3) is 5.40. The van der Waals surface area contributed by atoms with Gasteiger partial charge in [-0.05, 0) is 37.3 Å². The number of aromatic nitrogens is 2. The molecule has 0 atom stereocenters. The molecule has 0 saturated heterocycles. The molecule has 0 saturated carbocycles. The van der Waals surface area contributed by atoms with Crippen molar-refractivity contribution in [3.05, 3.63) is 68.8 Å². The second-order valence-corrected chi connectivity index (χ2v) is 7.97. The maximum Gasteiger partial charge on any atom is 0.322 e. The van der Waals surface area contributed by atoms with E-state index in [0.717, 1.165) is 5.56 Å². The number of rotatable bonds is 7. The molecule has 166 valence electrons. The van der Waals surface area contributed by atoms with Gasteiger partial charge in [-0.15, -0.1) is 0 Å². The molecule has 1 heterocycles. The van der Waals surface area contributed by atoms with Gasteiger partial charge in [-0.1, -0.05) is 46.9 Å². The molecular formula is C21H17Cl3N4O4. The van der Waals surface area contributed by atoms with Gasteiger partial charge < -0.3 is 15.7 Å². The lowest BCUT2D eigenvalue weighted by Gasteiger charge is -2.11. The van der Waals surface area contributed by atoms with Crippen molar-refractivity contribution in [2.24, 2.45) is 0 Å². The minimum atomic E-state index is -1.19. The van der Waals surface area contributed by atoms with Gasteiger partial charge in [0, 0.05) is 21.2 Å². The Morgan fingerprint density at radius 2 is 1.62 bits per heavy atom. The number of hydrogen-bond donors (Lipinski definition) is 3. The molecular weight excluding hydrogens is 479 g/mol. The van der Waals surface area contributed by atoms with Crippen molar-refractivity contribution in [2.45, 2.75) is 6.92 Å². The Bertz CT molecular complexity index is 1190. The summed E-state index contributed by atoms with van der Waals surface area (Å²) in [6, 6.07) is 11.9. The average molecular weight is 496 g/mol. The predicted molar refractivity (Wildman–Crippen MR) is 122 cm³/mol. The lowest BCUT2D eigenvalue weighted by molar-refractivity contribution is -0.137. The molecule has 2 aromatic carbocycles. The van der Waals surface area contributed by atoms with Crippen LogP contribution in [0.1, 0.15) is 16.1 Å². The fourth-order valence-electron chi connectivity index (χ4n) is 2.97. The van der Waals surface area contributed by atoms with E-state index in [-0.39, 0.29) is 5.69 Å². The zero-order chi connectivity index (χ0) is 23.4. The normalized spacial score (nSPS) is 10.6.